The summed E-state index contributed by atoms with van der Waals surface area (Å²) in [5, 5.41) is -0.408. The van der Waals surface area contributed by atoms with E-state index >= 15 is 0 Å². The lowest BCUT2D eigenvalue weighted by Crippen LogP contribution is -2.16. The molecule has 2 aromatic rings. The van der Waals surface area contributed by atoms with E-state index in [4.69, 9.17) is 17.3 Å². The molecule has 6 heteroatoms. The van der Waals surface area contributed by atoms with Crippen molar-refractivity contribution in [3.8, 4) is 0 Å². The van der Waals surface area contributed by atoms with Crippen LogP contribution in [-0.2, 0) is 0 Å². The molecule has 0 aliphatic rings. The van der Waals surface area contributed by atoms with E-state index in [1.54, 1.807) is 0 Å². The molecule has 1 unspecified atom stereocenters. The summed E-state index contributed by atoms with van der Waals surface area (Å²) in [7, 11) is 0. The van der Waals surface area contributed by atoms with Crippen molar-refractivity contribution in [2.24, 2.45) is 5.73 Å². The summed E-state index contributed by atoms with van der Waals surface area (Å²) in [5.74, 6) is -4.00. The maximum absolute atomic E-state index is 13.8. The fourth-order valence-electron chi connectivity index (χ4n) is 1.84. The summed E-state index contributed by atoms with van der Waals surface area (Å²) in [6, 6.07) is 2.74. The largest absolute Gasteiger partial charge is 0.320 e. The Morgan fingerprint density at radius 3 is 2.25 bits per heavy atom. The smallest absolute Gasteiger partial charge is 0.164 e. The first-order valence-electron chi connectivity index (χ1n) is 5.67. The highest BCUT2D eigenvalue weighted by molar-refractivity contribution is 6.30. The summed E-state index contributed by atoms with van der Waals surface area (Å²) in [6.45, 7) is 1.39. The highest BCUT2D eigenvalue weighted by atomic mass is 35.5. The molecule has 1 nitrogen and oxygen atoms in total. The molecule has 0 bridgehead atoms. The molecule has 0 aliphatic carbocycles. The van der Waals surface area contributed by atoms with Crippen molar-refractivity contribution in [1.82, 2.24) is 0 Å². The van der Waals surface area contributed by atoms with Gasteiger partial charge in [0.25, 0.3) is 0 Å². The Morgan fingerprint density at radius 1 is 0.950 bits per heavy atom. The third-order valence-electron chi connectivity index (χ3n) is 3.01. The monoisotopic (exact) mass is 303 g/mol. The second kappa shape index (κ2) is 5.42. The van der Waals surface area contributed by atoms with Crippen molar-refractivity contribution in [1.29, 1.82) is 0 Å². The van der Waals surface area contributed by atoms with Gasteiger partial charge < -0.3 is 5.73 Å². The summed E-state index contributed by atoms with van der Waals surface area (Å²) < 4.78 is 54.4. The molecule has 2 rings (SSSR count). The third-order valence-corrected chi connectivity index (χ3v) is 3.30. The van der Waals surface area contributed by atoms with Crippen LogP contribution in [0.2, 0.25) is 5.02 Å². The molecule has 2 N–H and O–H groups in total. The normalized spacial score (nSPS) is 12.6. The molecule has 0 spiro atoms. The van der Waals surface area contributed by atoms with Crippen molar-refractivity contribution >= 4 is 11.6 Å². The van der Waals surface area contributed by atoms with E-state index in [9.17, 15) is 17.6 Å². The van der Waals surface area contributed by atoms with Crippen LogP contribution in [0.4, 0.5) is 17.6 Å². The van der Waals surface area contributed by atoms with Crippen LogP contribution in [0.3, 0.4) is 0 Å². The molecule has 0 amide bonds. The average Bonchev–Trinajstić information content (AvgIpc) is 2.40. The number of hydrogen-bond donors (Lipinski definition) is 1. The van der Waals surface area contributed by atoms with Gasteiger partial charge in [-0.2, -0.15) is 0 Å². The fourth-order valence-corrected chi connectivity index (χ4v) is 2.00. The molecular weight excluding hydrogens is 294 g/mol. The molecule has 0 fully saturated rings. The van der Waals surface area contributed by atoms with Crippen molar-refractivity contribution in [3.05, 3.63) is 69.2 Å². The Hall–Kier alpha value is -1.59. The van der Waals surface area contributed by atoms with E-state index in [1.165, 1.54) is 19.1 Å². The zero-order valence-corrected chi connectivity index (χ0v) is 11.1. The molecule has 0 aliphatic heterocycles. The van der Waals surface area contributed by atoms with Gasteiger partial charge in [-0.3, -0.25) is 0 Å². The maximum Gasteiger partial charge on any atom is 0.164 e. The number of aryl methyl sites for hydroxylation is 1. The predicted molar refractivity (Wildman–Crippen MR) is 68.5 cm³/mol. The summed E-state index contributed by atoms with van der Waals surface area (Å²) in [5.41, 5.74) is 5.24. The molecule has 0 aromatic heterocycles. The SMILES string of the molecule is Cc1ccc(C(N)c2cc(F)c(Cl)cc2F)c(F)c1F. The lowest BCUT2D eigenvalue weighted by atomic mass is 9.97. The van der Waals surface area contributed by atoms with Gasteiger partial charge in [0.2, 0.25) is 0 Å². The van der Waals surface area contributed by atoms with Gasteiger partial charge in [0.05, 0.1) is 11.1 Å². The molecule has 0 saturated heterocycles. The number of hydrogen-bond acceptors (Lipinski definition) is 1. The lowest BCUT2D eigenvalue weighted by Gasteiger charge is -2.16. The Morgan fingerprint density at radius 2 is 1.60 bits per heavy atom. The lowest BCUT2D eigenvalue weighted by molar-refractivity contribution is 0.486. The molecule has 0 heterocycles. The van der Waals surface area contributed by atoms with Crippen LogP contribution in [0, 0.1) is 30.2 Å². The van der Waals surface area contributed by atoms with Gasteiger partial charge in [-0.1, -0.05) is 23.7 Å². The average molecular weight is 304 g/mol. The quantitative estimate of drug-likeness (QED) is 0.651. The molecule has 2 aromatic carbocycles. The van der Waals surface area contributed by atoms with Gasteiger partial charge in [0, 0.05) is 11.1 Å². The van der Waals surface area contributed by atoms with Crippen LogP contribution in [0.15, 0.2) is 24.3 Å². The van der Waals surface area contributed by atoms with E-state index in [2.05, 4.69) is 0 Å². The fraction of sp³-hybridized carbons (Fsp3) is 0.143. The molecular formula is C14H10ClF4N. The summed E-state index contributed by atoms with van der Waals surface area (Å²) in [4.78, 5) is 0. The van der Waals surface area contributed by atoms with Crippen molar-refractivity contribution in [2.45, 2.75) is 13.0 Å². The van der Waals surface area contributed by atoms with E-state index in [-0.39, 0.29) is 16.7 Å². The zero-order chi connectivity index (χ0) is 15.0. The highest BCUT2D eigenvalue weighted by Gasteiger charge is 2.22. The first-order valence-corrected chi connectivity index (χ1v) is 6.05. The van der Waals surface area contributed by atoms with Crippen LogP contribution < -0.4 is 5.73 Å². The van der Waals surface area contributed by atoms with Crippen LogP contribution in [-0.4, -0.2) is 0 Å². The summed E-state index contributed by atoms with van der Waals surface area (Å²) in [6.07, 6.45) is 0. The second-order valence-electron chi connectivity index (χ2n) is 4.37. The minimum Gasteiger partial charge on any atom is -0.320 e. The Balaban J connectivity index is 2.55. The van der Waals surface area contributed by atoms with Crippen molar-refractivity contribution in [2.75, 3.05) is 0 Å². The molecule has 20 heavy (non-hydrogen) atoms. The Bertz CT molecular complexity index is 671. The molecule has 106 valence electrons. The molecule has 0 radical (unpaired) electrons. The van der Waals surface area contributed by atoms with Gasteiger partial charge in [-0.15, -0.1) is 0 Å². The maximum atomic E-state index is 13.8. The van der Waals surface area contributed by atoms with Gasteiger partial charge >= 0.3 is 0 Å². The van der Waals surface area contributed by atoms with Gasteiger partial charge in [0.15, 0.2) is 11.6 Å². The number of nitrogens with two attached hydrogens (primary N) is 1. The van der Waals surface area contributed by atoms with Gasteiger partial charge in [-0.25, -0.2) is 17.6 Å². The van der Waals surface area contributed by atoms with Crippen LogP contribution in [0.1, 0.15) is 22.7 Å². The second-order valence-corrected chi connectivity index (χ2v) is 4.77. The van der Waals surface area contributed by atoms with E-state index in [0.717, 1.165) is 12.1 Å². The first kappa shape index (κ1) is 14.8. The highest BCUT2D eigenvalue weighted by Crippen LogP contribution is 2.29. The minimum atomic E-state index is -1.34. The summed E-state index contributed by atoms with van der Waals surface area (Å²) >= 11 is 5.42. The predicted octanol–water partition coefficient (Wildman–Crippen LogP) is 4.25. The van der Waals surface area contributed by atoms with Crippen LogP contribution in [0.25, 0.3) is 0 Å². The minimum absolute atomic E-state index is 0.0983. The van der Waals surface area contributed by atoms with Crippen molar-refractivity contribution in [3.63, 3.8) is 0 Å². The number of benzene rings is 2. The Kier molecular flexibility index (Phi) is 4.01. The topological polar surface area (TPSA) is 26.0 Å². The first-order chi connectivity index (χ1) is 9.32. The van der Waals surface area contributed by atoms with E-state index in [0.29, 0.717) is 0 Å². The van der Waals surface area contributed by atoms with Crippen LogP contribution >= 0.6 is 11.6 Å². The van der Waals surface area contributed by atoms with Crippen LogP contribution in [0.5, 0.6) is 0 Å². The third kappa shape index (κ3) is 2.51. The standard InChI is InChI=1S/C14H10ClF4N/c1-6-2-3-7(13(19)12(6)18)14(20)8-4-11(17)9(15)5-10(8)16/h2-5,14H,20H2,1H3. The van der Waals surface area contributed by atoms with E-state index < -0.39 is 34.3 Å². The number of halogens is 5. The Labute approximate surface area is 118 Å². The van der Waals surface area contributed by atoms with Gasteiger partial charge in [-0.05, 0) is 24.6 Å². The molecule has 0 saturated carbocycles. The van der Waals surface area contributed by atoms with Crippen molar-refractivity contribution < 1.29 is 17.6 Å². The van der Waals surface area contributed by atoms with Gasteiger partial charge in [0.1, 0.15) is 11.6 Å². The van der Waals surface area contributed by atoms with E-state index in [1.807, 2.05) is 0 Å². The zero-order valence-electron chi connectivity index (χ0n) is 10.4. The molecule has 1 atom stereocenters. The number of rotatable bonds is 2.